The zero-order valence-electron chi connectivity index (χ0n) is 19.3. The summed E-state index contributed by atoms with van der Waals surface area (Å²) < 4.78 is 3.58. The predicted octanol–water partition coefficient (Wildman–Crippen LogP) is 3.01. The number of pyridine rings is 1. The van der Waals surface area contributed by atoms with E-state index in [0.29, 0.717) is 17.0 Å². The van der Waals surface area contributed by atoms with Crippen LogP contribution in [0, 0.1) is 0 Å². The maximum absolute atomic E-state index is 13.2. The van der Waals surface area contributed by atoms with Crippen molar-refractivity contribution >= 4 is 28.5 Å². The minimum atomic E-state index is -0.115. The SMILES string of the molecule is CC(C)n1c(=O)c2cnc(Nc3ccc4c(c3)CCNC4)nc2n1-c1ccnc(N(C)C)c1. The molecule has 0 unspecified atom stereocenters. The minimum Gasteiger partial charge on any atom is -0.363 e. The molecule has 0 atom stereocenters. The van der Waals surface area contributed by atoms with Crippen LogP contribution in [0.1, 0.15) is 31.0 Å². The van der Waals surface area contributed by atoms with Crippen molar-refractivity contribution in [3.8, 4) is 5.69 Å². The van der Waals surface area contributed by atoms with Crippen LogP contribution < -0.4 is 21.1 Å². The zero-order chi connectivity index (χ0) is 23.1. The summed E-state index contributed by atoms with van der Waals surface area (Å²) in [5, 5.41) is 7.20. The van der Waals surface area contributed by atoms with Crippen LogP contribution >= 0.6 is 0 Å². The predicted molar refractivity (Wildman–Crippen MR) is 131 cm³/mol. The van der Waals surface area contributed by atoms with Crippen LogP contribution in [-0.2, 0) is 13.0 Å². The van der Waals surface area contributed by atoms with Crippen LogP contribution in [0.3, 0.4) is 0 Å². The summed E-state index contributed by atoms with van der Waals surface area (Å²) in [6.07, 6.45) is 4.35. The van der Waals surface area contributed by atoms with Gasteiger partial charge in [0.05, 0.1) is 5.69 Å². The van der Waals surface area contributed by atoms with Gasteiger partial charge in [0.25, 0.3) is 5.56 Å². The zero-order valence-corrected chi connectivity index (χ0v) is 19.3. The summed E-state index contributed by atoms with van der Waals surface area (Å²) in [7, 11) is 3.88. The standard InChI is InChI=1S/C24H28N8O/c1-15(2)31-23(33)20-14-27-24(28-18-6-5-17-13-25-9-7-16(17)11-18)29-22(20)32(31)19-8-10-26-21(12-19)30(3)4/h5-6,8,10-12,14-15,25H,7,9,13H2,1-4H3,(H,27,28,29). The lowest BCUT2D eigenvalue weighted by Crippen LogP contribution is -2.24. The molecule has 0 amide bonds. The number of hydrogen-bond donors (Lipinski definition) is 2. The fourth-order valence-electron chi connectivity index (χ4n) is 4.24. The molecule has 0 bridgehead atoms. The van der Waals surface area contributed by atoms with Crippen molar-refractivity contribution < 1.29 is 0 Å². The molecule has 3 aromatic heterocycles. The molecule has 170 valence electrons. The third-order valence-corrected chi connectivity index (χ3v) is 5.89. The quantitative estimate of drug-likeness (QED) is 0.489. The van der Waals surface area contributed by atoms with Gasteiger partial charge in [-0.15, -0.1) is 0 Å². The Hall–Kier alpha value is -3.72. The van der Waals surface area contributed by atoms with Crippen LogP contribution in [0.15, 0.2) is 47.5 Å². The monoisotopic (exact) mass is 444 g/mol. The first-order valence-electron chi connectivity index (χ1n) is 11.2. The number of nitrogens with one attached hydrogen (secondary N) is 2. The molecule has 1 aromatic carbocycles. The van der Waals surface area contributed by atoms with Gasteiger partial charge in [-0.1, -0.05) is 6.07 Å². The van der Waals surface area contributed by atoms with E-state index < -0.39 is 0 Å². The second-order valence-corrected chi connectivity index (χ2v) is 8.79. The maximum atomic E-state index is 13.2. The van der Waals surface area contributed by atoms with E-state index >= 15 is 0 Å². The first-order chi connectivity index (χ1) is 15.9. The van der Waals surface area contributed by atoms with Crippen molar-refractivity contribution in [3.05, 3.63) is 64.2 Å². The van der Waals surface area contributed by atoms with Crippen molar-refractivity contribution in [1.82, 2.24) is 29.6 Å². The fourth-order valence-corrected chi connectivity index (χ4v) is 4.24. The van der Waals surface area contributed by atoms with Gasteiger partial charge in [0, 0.05) is 50.8 Å². The van der Waals surface area contributed by atoms with Gasteiger partial charge < -0.3 is 15.5 Å². The molecule has 4 aromatic rings. The smallest absolute Gasteiger partial charge is 0.278 e. The summed E-state index contributed by atoms with van der Waals surface area (Å²) in [5.41, 5.74) is 4.85. The first-order valence-corrected chi connectivity index (χ1v) is 11.2. The van der Waals surface area contributed by atoms with E-state index in [0.717, 1.165) is 36.7 Å². The second kappa shape index (κ2) is 8.32. The Labute approximate surface area is 192 Å². The van der Waals surface area contributed by atoms with E-state index in [1.807, 2.05) is 55.7 Å². The molecule has 2 N–H and O–H groups in total. The number of anilines is 3. The van der Waals surface area contributed by atoms with Gasteiger partial charge in [-0.25, -0.2) is 19.3 Å². The van der Waals surface area contributed by atoms with Gasteiger partial charge in [-0.2, -0.15) is 4.98 Å². The molecule has 0 spiro atoms. The third-order valence-electron chi connectivity index (χ3n) is 5.89. The van der Waals surface area contributed by atoms with Crippen molar-refractivity contribution in [2.75, 3.05) is 30.9 Å². The van der Waals surface area contributed by atoms with Gasteiger partial charge in [0.2, 0.25) is 5.95 Å². The van der Waals surface area contributed by atoms with Gasteiger partial charge in [-0.05, 0) is 56.1 Å². The number of benzene rings is 1. The van der Waals surface area contributed by atoms with Crippen LogP contribution in [0.5, 0.6) is 0 Å². The van der Waals surface area contributed by atoms with Gasteiger partial charge in [0.15, 0.2) is 5.65 Å². The summed E-state index contributed by atoms with van der Waals surface area (Å²) in [6.45, 7) is 5.85. The highest BCUT2D eigenvalue weighted by atomic mass is 16.1. The molecule has 0 saturated heterocycles. The summed E-state index contributed by atoms with van der Waals surface area (Å²) in [4.78, 5) is 28.8. The molecule has 5 rings (SSSR count). The van der Waals surface area contributed by atoms with Crippen molar-refractivity contribution in [3.63, 3.8) is 0 Å². The third kappa shape index (κ3) is 3.84. The van der Waals surface area contributed by atoms with Gasteiger partial charge >= 0.3 is 0 Å². The Balaban J connectivity index is 1.62. The Morgan fingerprint density at radius 1 is 1.12 bits per heavy atom. The molecule has 0 saturated carbocycles. The minimum absolute atomic E-state index is 0.0617. The molecule has 0 radical (unpaired) electrons. The normalized spacial score (nSPS) is 13.4. The highest BCUT2D eigenvalue weighted by Crippen LogP contribution is 2.24. The number of aromatic nitrogens is 5. The number of rotatable bonds is 5. The molecule has 4 heterocycles. The molecule has 1 aliphatic heterocycles. The van der Waals surface area contributed by atoms with E-state index in [9.17, 15) is 4.79 Å². The molecule has 0 fully saturated rings. The van der Waals surface area contributed by atoms with E-state index in [-0.39, 0.29) is 11.6 Å². The number of fused-ring (bicyclic) bond motifs is 2. The maximum Gasteiger partial charge on any atom is 0.278 e. The Morgan fingerprint density at radius 2 is 1.97 bits per heavy atom. The molecule has 9 nitrogen and oxygen atoms in total. The highest BCUT2D eigenvalue weighted by Gasteiger charge is 2.20. The van der Waals surface area contributed by atoms with E-state index in [4.69, 9.17) is 4.98 Å². The van der Waals surface area contributed by atoms with Crippen LogP contribution in [0.25, 0.3) is 16.7 Å². The average Bonchev–Trinajstić information content (AvgIpc) is 3.11. The van der Waals surface area contributed by atoms with Gasteiger partial charge in [-0.3, -0.25) is 4.79 Å². The van der Waals surface area contributed by atoms with E-state index in [1.165, 1.54) is 11.1 Å². The first kappa shape index (κ1) is 21.1. The lowest BCUT2D eigenvalue weighted by molar-refractivity contribution is 0.476. The lowest BCUT2D eigenvalue weighted by atomic mass is 10.0. The second-order valence-electron chi connectivity index (χ2n) is 8.79. The van der Waals surface area contributed by atoms with E-state index in [2.05, 4.69) is 32.7 Å². The lowest BCUT2D eigenvalue weighted by Gasteiger charge is -2.18. The van der Waals surface area contributed by atoms with Gasteiger partial charge in [0.1, 0.15) is 11.2 Å². The summed E-state index contributed by atoms with van der Waals surface area (Å²) in [5.74, 6) is 1.25. The molecule has 9 heteroatoms. The molecule has 1 aliphatic rings. The topological polar surface area (TPSA) is 92.9 Å². The summed E-state index contributed by atoms with van der Waals surface area (Å²) >= 11 is 0. The van der Waals surface area contributed by atoms with E-state index in [1.54, 1.807) is 17.1 Å². The Morgan fingerprint density at radius 3 is 2.76 bits per heavy atom. The summed E-state index contributed by atoms with van der Waals surface area (Å²) in [6, 6.07) is 10.1. The van der Waals surface area contributed by atoms with Crippen LogP contribution in [0.4, 0.5) is 17.5 Å². The van der Waals surface area contributed by atoms with Crippen molar-refractivity contribution in [2.24, 2.45) is 0 Å². The fraction of sp³-hybridized carbons (Fsp3) is 0.333. The number of nitrogens with zero attached hydrogens (tertiary/aromatic N) is 6. The molecule has 0 aliphatic carbocycles. The molecular weight excluding hydrogens is 416 g/mol. The van der Waals surface area contributed by atoms with Crippen LogP contribution in [0.2, 0.25) is 0 Å². The Kier molecular flexibility index (Phi) is 5.33. The number of hydrogen-bond acceptors (Lipinski definition) is 7. The van der Waals surface area contributed by atoms with Crippen molar-refractivity contribution in [2.45, 2.75) is 32.9 Å². The largest absolute Gasteiger partial charge is 0.363 e. The molecular formula is C24H28N8O. The van der Waals surface area contributed by atoms with Crippen LogP contribution in [-0.4, -0.2) is 45.0 Å². The average molecular weight is 445 g/mol. The Bertz CT molecular complexity index is 1390. The molecule has 33 heavy (non-hydrogen) atoms. The van der Waals surface area contributed by atoms with Crippen molar-refractivity contribution in [1.29, 1.82) is 0 Å². The highest BCUT2D eigenvalue weighted by molar-refractivity contribution is 5.77.